The lowest BCUT2D eigenvalue weighted by Crippen LogP contribution is -2.33. The summed E-state index contributed by atoms with van der Waals surface area (Å²) in [5.74, 6) is -1.39. The first-order chi connectivity index (χ1) is 11.2. The van der Waals surface area contributed by atoms with Gasteiger partial charge in [0.2, 0.25) is 5.91 Å². The van der Waals surface area contributed by atoms with Crippen LogP contribution in [-0.2, 0) is 4.79 Å². The minimum Gasteiger partial charge on any atom is -0.393 e. The molecule has 2 amide bonds. The summed E-state index contributed by atoms with van der Waals surface area (Å²) in [5.41, 5.74) is -0.327. The van der Waals surface area contributed by atoms with Crippen LogP contribution in [0.4, 0.5) is 10.1 Å². The first kappa shape index (κ1) is 18.4. The van der Waals surface area contributed by atoms with Gasteiger partial charge >= 0.3 is 0 Å². The van der Waals surface area contributed by atoms with E-state index in [0.717, 1.165) is 25.3 Å². The Morgan fingerprint density at radius 1 is 1.29 bits per heavy atom. The Labute approximate surface area is 141 Å². The molecule has 1 fully saturated rings. The molecule has 5 nitrogen and oxygen atoms in total. The predicted molar refractivity (Wildman–Crippen MR) is 90.2 cm³/mol. The monoisotopic (exact) mass is 336 g/mol. The summed E-state index contributed by atoms with van der Waals surface area (Å²) in [6, 6.07) is 3.92. The van der Waals surface area contributed by atoms with Gasteiger partial charge in [0.15, 0.2) is 0 Å². The molecule has 0 aromatic heterocycles. The third-order valence-electron chi connectivity index (χ3n) is 4.29. The van der Waals surface area contributed by atoms with Crippen LogP contribution in [0.1, 0.15) is 50.4 Å². The summed E-state index contributed by atoms with van der Waals surface area (Å²) < 4.78 is 13.9. The van der Waals surface area contributed by atoms with Crippen molar-refractivity contribution in [2.75, 3.05) is 11.9 Å². The SMILES string of the molecule is CC(C)(C)C(=O)Nc1ccc(F)c(C(=O)NCC2CCCC2O)c1. The molecule has 0 spiro atoms. The van der Waals surface area contributed by atoms with Crippen LogP contribution in [-0.4, -0.2) is 29.6 Å². The summed E-state index contributed by atoms with van der Waals surface area (Å²) in [5, 5.41) is 15.1. The standard InChI is InChI=1S/C18H25FN2O3/c1-18(2,3)17(24)21-12-7-8-14(19)13(9-12)16(23)20-10-11-5-4-6-15(11)22/h7-9,11,15,22H,4-6,10H2,1-3H3,(H,20,23)(H,21,24). The number of amides is 2. The van der Waals surface area contributed by atoms with E-state index in [1.54, 1.807) is 20.8 Å². The fraction of sp³-hybridized carbons (Fsp3) is 0.556. The van der Waals surface area contributed by atoms with Crippen molar-refractivity contribution >= 4 is 17.5 Å². The van der Waals surface area contributed by atoms with Gasteiger partial charge in [-0.3, -0.25) is 9.59 Å². The van der Waals surface area contributed by atoms with Crippen molar-refractivity contribution in [1.82, 2.24) is 5.32 Å². The topological polar surface area (TPSA) is 78.4 Å². The van der Waals surface area contributed by atoms with E-state index in [-0.39, 0.29) is 17.4 Å². The number of aliphatic hydroxyl groups is 1. The molecule has 24 heavy (non-hydrogen) atoms. The highest BCUT2D eigenvalue weighted by Crippen LogP contribution is 2.25. The van der Waals surface area contributed by atoms with Gasteiger partial charge < -0.3 is 15.7 Å². The van der Waals surface area contributed by atoms with E-state index in [1.165, 1.54) is 12.1 Å². The number of anilines is 1. The Hall–Kier alpha value is -1.95. The number of halogens is 1. The zero-order chi connectivity index (χ0) is 17.9. The Balaban J connectivity index is 2.04. The number of hydrogen-bond acceptors (Lipinski definition) is 3. The molecule has 0 radical (unpaired) electrons. The fourth-order valence-electron chi connectivity index (χ4n) is 2.67. The summed E-state index contributed by atoms with van der Waals surface area (Å²) in [7, 11) is 0. The minimum absolute atomic E-state index is 0.0146. The van der Waals surface area contributed by atoms with Crippen LogP contribution in [0, 0.1) is 17.2 Å². The number of carbonyl (C=O) groups excluding carboxylic acids is 2. The van der Waals surface area contributed by atoms with Crippen molar-refractivity contribution < 1.29 is 19.1 Å². The molecule has 0 aliphatic heterocycles. The van der Waals surface area contributed by atoms with E-state index in [1.807, 2.05) is 0 Å². The number of carbonyl (C=O) groups is 2. The number of aliphatic hydroxyl groups excluding tert-OH is 1. The van der Waals surface area contributed by atoms with Gasteiger partial charge in [0, 0.05) is 23.6 Å². The van der Waals surface area contributed by atoms with Gasteiger partial charge in [-0.1, -0.05) is 27.2 Å². The molecular formula is C18H25FN2O3. The van der Waals surface area contributed by atoms with E-state index in [4.69, 9.17) is 0 Å². The van der Waals surface area contributed by atoms with E-state index < -0.39 is 23.2 Å². The second kappa shape index (κ2) is 7.30. The predicted octanol–water partition coefficient (Wildman–Crippen LogP) is 2.70. The molecular weight excluding hydrogens is 311 g/mol. The highest BCUT2D eigenvalue weighted by molar-refractivity contribution is 5.98. The lowest BCUT2D eigenvalue weighted by atomic mass is 9.95. The third-order valence-corrected chi connectivity index (χ3v) is 4.29. The second-order valence-corrected chi connectivity index (χ2v) is 7.37. The van der Waals surface area contributed by atoms with Crippen molar-refractivity contribution in [2.45, 2.75) is 46.1 Å². The molecule has 132 valence electrons. The molecule has 1 aromatic rings. The minimum atomic E-state index is -0.645. The van der Waals surface area contributed by atoms with E-state index in [9.17, 15) is 19.1 Å². The molecule has 3 N–H and O–H groups in total. The van der Waals surface area contributed by atoms with E-state index >= 15 is 0 Å². The summed E-state index contributed by atoms with van der Waals surface area (Å²) >= 11 is 0. The molecule has 1 aliphatic carbocycles. The molecule has 0 saturated heterocycles. The quantitative estimate of drug-likeness (QED) is 0.791. The van der Waals surface area contributed by atoms with Gasteiger partial charge in [-0.05, 0) is 31.0 Å². The van der Waals surface area contributed by atoms with Crippen LogP contribution in [0.5, 0.6) is 0 Å². The molecule has 6 heteroatoms. The average Bonchev–Trinajstić information content (AvgIpc) is 2.91. The van der Waals surface area contributed by atoms with Crippen LogP contribution in [0.3, 0.4) is 0 Å². The van der Waals surface area contributed by atoms with Crippen molar-refractivity contribution in [3.05, 3.63) is 29.6 Å². The van der Waals surface area contributed by atoms with Crippen LogP contribution in [0.15, 0.2) is 18.2 Å². The van der Waals surface area contributed by atoms with Gasteiger partial charge in [0.25, 0.3) is 5.91 Å². The Morgan fingerprint density at radius 3 is 2.58 bits per heavy atom. The average molecular weight is 336 g/mol. The maximum atomic E-state index is 13.9. The van der Waals surface area contributed by atoms with Crippen molar-refractivity contribution in [3.8, 4) is 0 Å². The Kier molecular flexibility index (Phi) is 5.59. The molecule has 2 atom stereocenters. The highest BCUT2D eigenvalue weighted by atomic mass is 19.1. The summed E-state index contributed by atoms with van der Waals surface area (Å²) in [6.07, 6.45) is 2.12. The number of benzene rings is 1. The van der Waals surface area contributed by atoms with Gasteiger partial charge in [-0.15, -0.1) is 0 Å². The Bertz CT molecular complexity index is 625. The van der Waals surface area contributed by atoms with E-state index in [2.05, 4.69) is 10.6 Å². The van der Waals surface area contributed by atoms with Crippen LogP contribution >= 0.6 is 0 Å². The van der Waals surface area contributed by atoms with Crippen molar-refractivity contribution in [3.63, 3.8) is 0 Å². The smallest absolute Gasteiger partial charge is 0.254 e. The largest absolute Gasteiger partial charge is 0.393 e. The van der Waals surface area contributed by atoms with Gasteiger partial charge in [0.05, 0.1) is 11.7 Å². The molecule has 1 aliphatic rings. The van der Waals surface area contributed by atoms with Gasteiger partial charge in [-0.2, -0.15) is 0 Å². The molecule has 2 unspecified atom stereocenters. The normalized spacial score (nSPS) is 20.7. The van der Waals surface area contributed by atoms with Crippen LogP contribution < -0.4 is 10.6 Å². The first-order valence-corrected chi connectivity index (χ1v) is 8.26. The van der Waals surface area contributed by atoms with Gasteiger partial charge in [-0.25, -0.2) is 4.39 Å². The third kappa shape index (κ3) is 4.54. The zero-order valence-electron chi connectivity index (χ0n) is 14.4. The number of nitrogens with one attached hydrogen (secondary N) is 2. The van der Waals surface area contributed by atoms with Crippen molar-refractivity contribution in [2.24, 2.45) is 11.3 Å². The van der Waals surface area contributed by atoms with E-state index in [0.29, 0.717) is 12.2 Å². The van der Waals surface area contributed by atoms with Crippen molar-refractivity contribution in [1.29, 1.82) is 0 Å². The first-order valence-electron chi connectivity index (χ1n) is 8.26. The molecule has 0 bridgehead atoms. The summed E-state index contributed by atoms with van der Waals surface area (Å²) in [6.45, 7) is 5.63. The lowest BCUT2D eigenvalue weighted by molar-refractivity contribution is -0.123. The van der Waals surface area contributed by atoms with Crippen LogP contribution in [0.25, 0.3) is 0 Å². The maximum Gasteiger partial charge on any atom is 0.254 e. The molecule has 1 saturated carbocycles. The molecule has 2 rings (SSSR count). The maximum absolute atomic E-state index is 13.9. The van der Waals surface area contributed by atoms with Crippen LogP contribution in [0.2, 0.25) is 0 Å². The van der Waals surface area contributed by atoms with Gasteiger partial charge in [0.1, 0.15) is 5.82 Å². The summed E-state index contributed by atoms with van der Waals surface area (Å²) in [4.78, 5) is 24.2. The molecule has 1 aromatic carbocycles. The zero-order valence-corrected chi connectivity index (χ0v) is 14.4. The fourth-order valence-corrected chi connectivity index (χ4v) is 2.67. The number of rotatable bonds is 4. The molecule has 0 heterocycles. The lowest BCUT2D eigenvalue weighted by Gasteiger charge is -2.18. The number of hydrogen-bond donors (Lipinski definition) is 3. The highest BCUT2D eigenvalue weighted by Gasteiger charge is 2.26. The second-order valence-electron chi connectivity index (χ2n) is 7.37. The Morgan fingerprint density at radius 2 is 2.00 bits per heavy atom.